The summed E-state index contributed by atoms with van der Waals surface area (Å²) in [4.78, 5) is 12.6. The van der Waals surface area contributed by atoms with E-state index in [1.807, 2.05) is 6.92 Å². The molecule has 1 aliphatic carbocycles. The lowest BCUT2D eigenvalue weighted by Crippen LogP contribution is -2.48. The Morgan fingerprint density at radius 3 is 2.62 bits per heavy atom. The highest BCUT2D eigenvalue weighted by Crippen LogP contribution is 2.38. The van der Waals surface area contributed by atoms with Gasteiger partial charge in [0.2, 0.25) is 5.91 Å². The molecule has 1 amide bonds. The van der Waals surface area contributed by atoms with Crippen LogP contribution in [0.25, 0.3) is 0 Å². The van der Waals surface area contributed by atoms with E-state index < -0.39 is 5.41 Å². The van der Waals surface area contributed by atoms with Gasteiger partial charge in [-0.2, -0.15) is 0 Å². The molecule has 0 unspecified atom stereocenters. The van der Waals surface area contributed by atoms with Crippen LogP contribution in [0.2, 0.25) is 0 Å². The van der Waals surface area contributed by atoms with Gasteiger partial charge in [-0.3, -0.25) is 4.79 Å². The van der Waals surface area contributed by atoms with Gasteiger partial charge in [0.1, 0.15) is 5.82 Å². The zero-order valence-electron chi connectivity index (χ0n) is 12.9. The molecule has 1 atom stereocenters. The first-order valence-electron chi connectivity index (χ1n) is 7.74. The molecule has 3 nitrogen and oxygen atoms in total. The number of benzene rings is 1. The summed E-state index contributed by atoms with van der Waals surface area (Å²) in [6, 6.07) is 6.21. The molecule has 0 aliphatic heterocycles. The molecule has 0 heterocycles. The molecule has 116 valence electrons. The minimum absolute atomic E-state index is 0.0346. The molecule has 0 radical (unpaired) electrons. The molecule has 3 N–H and O–H groups in total. The zero-order valence-corrected chi connectivity index (χ0v) is 12.9. The first kappa shape index (κ1) is 16.0. The maximum absolute atomic E-state index is 13.8. The van der Waals surface area contributed by atoms with Crippen LogP contribution >= 0.6 is 0 Å². The summed E-state index contributed by atoms with van der Waals surface area (Å²) in [5, 5.41) is 2.95. The van der Waals surface area contributed by atoms with Crippen molar-refractivity contribution in [1.82, 2.24) is 5.32 Å². The molecule has 0 spiro atoms. The third-order valence-corrected chi connectivity index (χ3v) is 4.82. The number of carbonyl (C=O) groups is 1. The number of hydrogen-bond acceptors (Lipinski definition) is 2. The van der Waals surface area contributed by atoms with Gasteiger partial charge >= 0.3 is 0 Å². The predicted molar refractivity (Wildman–Crippen MR) is 82.1 cm³/mol. The molecule has 1 saturated carbocycles. The first-order valence-corrected chi connectivity index (χ1v) is 7.74. The zero-order chi connectivity index (χ0) is 15.5. The van der Waals surface area contributed by atoms with Gasteiger partial charge in [0.15, 0.2) is 0 Å². The number of nitrogens with one attached hydrogen (secondary N) is 1. The fourth-order valence-electron chi connectivity index (χ4n) is 3.09. The molecule has 1 aliphatic rings. The summed E-state index contributed by atoms with van der Waals surface area (Å²) < 4.78 is 13.8. The van der Waals surface area contributed by atoms with Crippen LogP contribution < -0.4 is 11.1 Å². The molecule has 4 heteroatoms. The summed E-state index contributed by atoms with van der Waals surface area (Å²) in [6.45, 7) is 4.38. The number of halogens is 1. The Morgan fingerprint density at radius 2 is 2.05 bits per heavy atom. The second-order valence-corrected chi connectivity index (χ2v) is 6.38. The predicted octanol–water partition coefficient (Wildman–Crippen LogP) is 3.16. The number of rotatable bonds is 4. The minimum atomic E-state index is -0.480. The van der Waals surface area contributed by atoms with Crippen LogP contribution in [0, 0.1) is 17.2 Å². The molecular formula is C17H25FN2O. The topological polar surface area (TPSA) is 55.1 Å². The van der Waals surface area contributed by atoms with Gasteiger partial charge < -0.3 is 11.1 Å². The van der Waals surface area contributed by atoms with Gasteiger partial charge in [-0.15, -0.1) is 0 Å². The van der Waals surface area contributed by atoms with Crippen LogP contribution in [0.3, 0.4) is 0 Å². The lowest BCUT2D eigenvalue weighted by Gasteiger charge is -2.38. The largest absolute Gasteiger partial charge is 0.349 e. The highest BCUT2D eigenvalue weighted by atomic mass is 19.1. The minimum Gasteiger partial charge on any atom is -0.349 e. The Bertz CT molecular complexity index is 495. The Balaban J connectivity index is 2.08. The Labute approximate surface area is 126 Å². The lowest BCUT2D eigenvalue weighted by atomic mass is 9.70. The van der Waals surface area contributed by atoms with Gasteiger partial charge in [-0.05, 0) is 44.6 Å². The van der Waals surface area contributed by atoms with Crippen LogP contribution in [0.5, 0.6) is 0 Å². The molecule has 0 aromatic heterocycles. The molecule has 21 heavy (non-hydrogen) atoms. The van der Waals surface area contributed by atoms with Crippen molar-refractivity contribution in [2.45, 2.75) is 45.6 Å². The van der Waals surface area contributed by atoms with E-state index >= 15 is 0 Å². The summed E-state index contributed by atoms with van der Waals surface area (Å²) in [5.41, 5.74) is 5.93. The third-order valence-electron chi connectivity index (χ3n) is 4.82. The van der Waals surface area contributed by atoms with Crippen LogP contribution in [0.15, 0.2) is 24.3 Å². The maximum atomic E-state index is 13.8. The average molecular weight is 292 g/mol. The van der Waals surface area contributed by atoms with E-state index in [1.165, 1.54) is 6.07 Å². The smallest absolute Gasteiger partial charge is 0.227 e. The SMILES string of the molecule is CC1CCC(CN)(C(=O)N[C@H](C)c2ccccc2F)CC1. The fraction of sp³-hybridized carbons (Fsp3) is 0.588. The molecular weight excluding hydrogens is 267 g/mol. The van der Waals surface area contributed by atoms with E-state index in [0.717, 1.165) is 25.7 Å². The second-order valence-electron chi connectivity index (χ2n) is 6.38. The Hall–Kier alpha value is -1.42. The fourth-order valence-corrected chi connectivity index (χ4v) is 3.09. The second kappa shape index (κ2) is 6.56. The van der Waals surface area contributed by atoms with E-state index in [-0.39, 0.29) is 17.8 Å². The number of hydrogen-bond donors (Lipinski definition) is 2. The summed E-state index contributed by atoms with van der Waals surface area (Å²) in [7, 11) is 0. The van der Waals surface area contributed by atoms with Crippen LogP contribution in [0.4, 0.5) is 4.39 Å². The van der Waals surface area contributed by atoms with Crippen LogP contribution in [0.1, 0.15) is 51.1 Å². The van der Waals surface area contributed by atoms with Gasteiger partial charge in [-0.25, -0.2) is 4.39 Å². The number of nitrogens with two attached hydrogens (primary N) is 1. The van der Waals surface area contributed by atoms with Crippen molar-refractivity contribution in [3.8, 4) is 0 Å². The summed E-state index contributed by atoms with van der Waals surface area (Å²) in [5.74, 6) is 0.332. The van der Waals surface area contributed by atoms with Gasteiger partial charge in [0, 0.05) is 12.1 Å². The van der Waals surface area contributed by atoms with Crippen molar-refractivity contribution < 1.29 is 9.18 Å². The molecule has 0 bridgehead atoms. The quantitative estimate of drug-likeness (QED) is 0.895. The Morgan fingerprint density at radius 1 is 1.43 bits per heavy atom. The third kappa shape index (κ3) is 3.43. The molecule has 1 fully saturated rings. The van der Waals surface area contributed by atoms with Crippen molar-refractivity contribution in [3.63, 3.8) is 0 Å². The molecule has 1 aromatic carbocycles. The molecule has 0 saturated heterocycles. The van der Waals surface area contributed by atoms with Gasteiger partial charge in [0.25, 0.3) is 0 Å². The van der Waals surface area contributed by atoms with E-state index in [4.69, 9.17) is 5.73 Å². The number of amides is 1. The van der Waals surface area contributed by atoms with Crippen molar-refractivity contribution >= 4 is 5.91 Å². The highest BCUT2D eigenvalue weighted by molar-refractivity contribution is 5.83. The average Bonchev–Trinajstić information content (AvgIpc) is 2.48. The van der Waals surface area contributed by atoms with Crippen molar-refractivity contribution in [1.29, 1.82) is 0 Å². The van der Waals surface area contributed by atoms with Crippen LogP contribution in [-0.2, 0) is 4.79 Å². The van der Waals surface area contributed by atoms with Crippen molar-refractivity contribution in [2.24, 2.45) is 17.1 Å². The summed E-state index contributed by atoms with van der Waals surface area (Å²) >= 11 is 0. The lowest BCUT2D eigenvalue weighted by molar-refractivity contribution is -0.133. The van der Waals surface area contributed by atoms with E-state index in [1.54, 1.807) is 18.2 Å². The van der Waals surface area contributed by atoms with E-state index in [2.05, 4.69) is 12.2 Å². The standard InChI is InChI=1S/C17H25FN2O/c1-12-7-9-17(11-19,10-8-12)16(21)20-13(2)14-5-3-4-6-15(14)18/h3-6,12-13H,7-11,19H2,1-2H3,(H,20,21)/t12?,13-,17?/m1/s1. The van der Waals surface area contributed by atoms with Gasteiger partial charge in [-0.1, -0.05) is 25.1 Å². The molecule has 2 rings (SSSR count). The number of carbonyl (C=O) groups excluding carboxylic acids is 1. The van der Waals surface area contributed by atoms with E-state index in [0.29, 0.717) is 18.0 Å². The highest BCUT2D eigenvalue weighted by Gasteiger charge is 2.40. The normalized spacial score (nSPS) is 27.1. The first-order chi connectivity index (χ1) is 9.98. The summed E-state index contributed by atoms with van der Waals surface area (Å²) in [6.07, 6.45) is 3.69. The van der Waals surface area contributed by atoms with Crippen molar-refractivity contribution in [2.75, 3.05) is 6.54 Å². The van der Waals surface area contributed by atoms with Gasteiger partial charge in [0.05, 0.1) is 11.5 Å². The van der Waals surface area contributed by atoms with Crippen molar-refractivity contribution in [3.05, 3.63) is 35.6 Å². The maximum Gasteiger partial charge on any atom is 0.227 e. The van der Waals surface area contributed by atoms with E-state index in [9.17, 15) is 9.18 Å². The Kier molecular flexibility index (Phi) is 4.99. The van der Waals surface area contributed by atoms with Crippen LogP contribution in [-0.4, -0.2) is 12.5 Å². The molecule has 1 aromatic rings. The monoisotopic (exact) mass is 292 g/mol.